The van der Waals surface area contributed by atoms with Gasteiger partial charge in [0, 0.05) is 38.8 Å². The van der Waals surface area contributed by atoms with Crippen LogP contribution in [0.5, 0.6) is 5.75 Å². The zero-order chi connectivity index (χ0) is 16.0. The molecule has 0 bridgehead atoms. The Labute approximate surface area is 120 Å². The van der Waals surface area contributed by atoms with Gasteiger partial charge < -0.3 is 20.6 Å². The Morgan fingerprint density at radius 2 is 1.90 bits per heavy atom. The molecule has 0 unspecified atom stereocenters. The molecule has 0 fully saturated rings. The Morgan fingerprint density at radius 3 is 2.43 bits per heavy atom. The van der Waals surface area contributed by atoms with Gasteiger partial charge >= 0.3 is 11.7 Å². The second-order valence-electron chi connectivity index (χ2n) is 4.34. The van der Waals surface area contributed by atoms with Gasteiger partial charge in [-0.05, 0) is 12.1 Å². The maximum absolute atomic E-state index is 11.7. The van der Waals surface area contributed by atoms with Crippen LogP contribution in [0.4, 0.5) is 10.5 Å². The summed E-state index contributed by atoms with van der Waals surface area (Å²) >= 11 is 0. The first-order valence-electron chi connectivity index (χ1n) is 6.03. The lowest BCUT2D eigenvalue weighted by atomic mass is 10.2. The van der Waals surface area contributed by atoms with Crippen LogP contribution in [-0.4, -0.2) is 54.1 Å². The van der Waals surface area contributed by atoms with Gasteiger partial charge in [-0.2, -0.15) is 0 Å². The van der Waals surface area contributed by atoms with Gasteiger partial charge in [0.2, 0.25) is 0 Å². The lowest BCUT2D eigenvalue weighted by molar-refractivity contribution is -0.385. The van der Waals surface area contributed by atoms with Crippen LogP contribution in [-0.2, 0) is 0 Å². The monoisotopic (exact) mass is 296 g/mol. The van der Waals surface area contributed by atoms with Gasteiger partial charge in [0.1, 0.15) is 0 Å². The van der Waals surface area contributed by atoms with Crippen molar-refractivity contribution in [1.29, 1.82) is 0 Å². The molecule has 3 amide bonds. The number of carbonyl (C=O) groups is 2. The Balaban J connectivity index is 2.51. The molecular weight excluding hydrogens is 280 g/mol. The summed E-state index contributed by atoms with van der Waals surface area (Å²) in [6.07, 6.45) is 0. The van der Waals surface area contributed by atoms with Gasteiger partial charge in [0.25, 0.3) is 5.91 Å². The van der Waals surface area contributed by atoms with E-state index in [0.29, 0.717) is 0 Å². The minimum absolute atomic E-state index is 0.0945. The Hall–Kier alpha value is -2.84. The average molecular weight is 296 g/mol. The third-order valence-electron chi connectivity index (χ3n) is 2.53. The Morgan fingerprint density at radius 1 is 1.29 bits per heavy atom. The number of urea groups is 1. The number of nitrogens with one attached hydrogen (secondary N) is 2. The fraction of sp³-hybridized carbons (Fsp3) is 0.333. The summed E-state index contributed by atoms with van der Waals surface area (Å²) in [5.74, 6) is -1.08. The van der Waals surface area contributed by atoms with Crippen LogP contribution in [0.15, 0.2) is 18.2 Å². The van der Waals surface area contributed by atoms with Gasteiger partial charge in [-0.1, -0.05) is 0 Å². The molecule has 0 radical (unpaired) electrons. The first-order chi connectivity index (χ1) is 9.82. The van der Waals surface area contributed by atoms with Gasteiger partial charge in [0.05, 0.1) is 4.92 Å². The molecule has 1 aromatic carbocycles. The molecule has 1 aromatic rings. The fourth-order valence-corrected chi connectivity index (χ4v) is 1.42. The summed E-state index contributed by atoms with van der Waals surface area (Å²) in [7, 11) is 3.18. The van der Waals surface area contributed by atoms with E-state index in [4.69, 9.17) is 0 Å². The number of nitrogens with zero attached hydrogens (tertiary/aromatic N) is 2. The van der Waals surface area contributed by atoms with E-state index in [1.165, 1.54) is 11.0 Å². The number of phenolic OH excluding ortho intramolecular Hbond substituents is 1. The minimum Gasteiger partial charge on any atom is -0.502 e. The molecule has 9 heteroatoms. The molecule has 0 aliphatic carbocycles. The van der Waals surface area contributed by atoms with Crippen LogP contribution >= 0.6 is 0 Å². The molecule has 0 saturated carbocycles. The number of amides is 3. The Kier molecular flexibility index (Phi) is 5.47. The number of carbonyl (C=O) groups excluding carboxylic acids is 2. The van der Waals surface area contributed by atoms with E-state index < -0.39 is 22.3 Å². The van der Waals surface area contributed by atoms with Crippen molar-refractivity contribution in [1.82, 2.24) is 15.5 Å². The Bertz CT molecular complexity index is 559. The van der Waals surface area contributed by atoms with E-state index in [9.17, 15) is 24.8 Å². The molecular formula is C12H16N4O5. The molecule has 1 rings (SSSR count). The second kappa shape index (κ2) is 7.08. The normalized spacial score (nSPS) is 9.81. The molecule has 0 saturated heterocycles. The maximum atomic E-state index is 11.7. The highest BCUT2D eigenvalue weighted by molar-refractivity contribution is 5.95. The first-order valence-corrected chi connectivity index (χ1v) is 6.03. The maximum Gasteiger partial charge on any atom is 0.316 e. The molecule has 0 aliphatic rings. The van der Waals surface area contributed by atoms with E-state index in [1.807, 2.05) is 0 Å². The number of hydrogen-bond acceptors (Lipinski definition) is 5. The lowest BCUT2D eigenvalue weighted by Gasteiger charge is -2.12. The first kappa shape index (κ1) is 16.2. The summed E-state index contributed by atoms with van der Waals surface area (Å²) in [5, 5.41) is 25.0. The van der Waals surface area contributed by atoms with E-state index >= 15 is 0 Å². The predicted molar refractivity (Wildman–Crippen MR) is 74.2 cm³/mol. The van der Waals surface area contributed by atoms with Crippen molar-refractivity contribution in [3.05, 3.63) is 33.9 Å². The summed E-state index contributed by atoms with van der Waals surface area (Å²) in [5.41, 5.74) is -0.373. The molecule has 0 atom stereocenters. The third kappa shape index (κ3) is 4.64. The predicted octanol–water partition coefficient (Wildman–Crippen LogP) is 0.301. The highest BCUT2D eigenvalue weighted by Crippen LogP contribution is 2.25. The standard InChI is InChI=1S/C12H16N4O5/c1-15(2)12(19)14-6-5-13-11(18)8-3-4-9(16(20)21)10(17)7-8/h3-4,7,17H,5-6H2,1-2H3,(H,13,18)(H,14,19). The van der Waals surface area contributed by atoms with Crippen LogP contribution < -0.4 is 10.6 Å². The number of hydrogen-bond donors (Lipinski definition) is 3. The van der Waals surface area contributed by atoms with E-state index in [0.717, 1.165) is 12.1 Å². The van der Waals surface area contributed by atoms with Crippen molar-refractivity contribution in [2.75, 3.05) is 27.2 Å². The van der Waals surface area contributed by atoms with Gasteiger partial charge in [-0.3, -0.25) is 14.9 Å². The summed E-state index contributed by atoms with van der Waals surface area (Å²) in [6, 6.07) is 3.03. The quantitative estimate of drug-likeness (QED) is 0.409. The molecule has 21 heavy (non-hydrogen) atoms. The van der Waals surface area contributed by atoms with Crippen molar-refractivity contribution in [3.8, 4) is 5.75 Å². The lowest BCUT2D eigenvalue weighted by Crippen LogP contribution is -2.39. The van der Waals surface area contributed by atoms with Crippen LogP contribution in [0.1, 0.15) is 10.4 Å². The number of benzene rings is 1. The molecule has 9 nitrogen and oxygen atoms in total. The fourth-order valence-electron chi connectivity index (χ4n) is 1.42. The largest absolute Gasteiger partial charge is 0.502 e. The van der Waals surface area contributed by atoms with Crippen molar-refractivity contribution < 1.29 is 19.6 Å². The third-order valence-corrected chi connectivity index (χ3v) is 2.53. The van der Waals surface area contributed by atoms with E-state index in [-0.39, 0.29) is 24.7 Å². The van der Waals surface area contributed by atoms with Gasteiger partial charge in [-0.15, -0.1) is 0 Å². The van der Waals surface area contributed by atoms with Crippen LogP contribution in [0, 0.1) is 10.1 Å². The van der Waals surface area contributed by atoms with Gasteiger partial charge in [0.15, 0.2) is 5.75 Å². The second-order valence-corrected chi connectivity index (χ2v) is 4.34. The van der Waals surface area contributed by atoms with E-state index in [1.54, 1.807) is 14.1 Å². The zero-order valence-electron chi connectivity index (χ0n) is 11.6. The molecule has 0 heterocycles. The topological polar surface area (TPSA) is 125 Å². The molecule has 3 N–H and O–H groups in total. The van der Waals surface area contributed by atoms with Crippen LogP contribution in [0.25, 0.3) is 0 Å². The average Bonchev–Trinajstić information content (AvgIpc) is 2.42. The SMILES string of the molecule is CN(C)C(=O)NCCNC(=O)c1ccc([N+](=O)[O-])c(O)c1. The minimum atomic E-state index is -0.742. The summed E-state index contributed by atoms with van der Waals surface area (Å²) < 4.78 is 0. The molecule has 114 valence electrons. The van der Waals surface area contributed by atoms with Gasteiger partial charge in [-0.25, -0.2) is 4.79 Å². The van der Waals surface area contributed by atoms with Crippen molar-refractivity contribution in [2.24, 2.45) is 0 Å². The number of nitro benzene ring substituents is 1. The number of nitro groups is 1. The van der Waals surface area contributed by atoms with Crippen LogP contribution in [0.3, 0.4) is 0 Å². The molecule has 0 spiro atoms. The highest BCUT2D eigenvalue weighted by atomic mass is 16.6. The number of rotatable bonds is 5. The highest BCUT2D eigenvalue weighted by Gasteiger charge is 2.15. The van der Waals surface area contributed by atoms with Crippen molar-refractivity contribution in [2.45, 2.75) is 0 Å². The summed E-state index contributed by atoms with van der Waals surface area (Å²) in [4.78, 5) is 34.1. The molecule has 0 aliphatic heterocycles. The van der Waals surface area contributed by atoms with Crippen molar-refractivity contribution >= 4 is 17.6 Å². The zero-order valence-corrected chi connectivity index (χ0v) is 11.6. The van der Waals surface area contributed by atoms with Crippen LogP contribution in [0.2, 0.25) is 0 Å². The smallest absolute Gasteiger partial charge is 0.316 e. The van der Waals surface area contributed by atoms with Crippen molar-refractivity contribution in [3.63, 3.8) is 0 Å². The number of aromatic hydroxyl groups is 1. The summed E-state index contributed by atoms with van der Waals surface area (Å²) in [6.45, 7) is 0.428. The molecule has 0 aromatic heterocycles. The van der Waals surface area contributed by atoms with E-state index in [2.05, 4.69) is 10.6 Å². The number of phenols is 1.